The molecule has 7 nitrogen and oxygen atoms in total. The van der Waals surface area contributed by atoms with Gasteiger partial charge in [-0.2, -0.15) is 0 Å². The predicted molar refractivity (Wildman–Crippen MR) is 84.3 cm³/mol. The normalized spacial score (nSPS) is 11.3. The van der Waals surface area contributed by atoms with Crippen LogP contribution in [0.25, 0.3) is 5.69 Å². The van der Waals surface area contributed by atoms with Gasteiger partial charge in [-0.15, -0.1) is 5.10 Å². The molecule has 1 aromatic heterocycles. The Labute approximate surface area is 134 Å². The SMILES string of the molecule is Cc1c(CC(=O)N(C)C(C)(C)C(=O)O)nnn1-c1ccccc1. The van der Waals surface area contributed by atoms with E-state index in [1.54, 1.807) is 4.68 Å². The van der Waals surface area contributed by atoms with Gasteiger partial charge in [0.05, 0.1) is 23.5 Å². The zero-order valence-electron chi connectivity index (χ0n) is 13.6. The average molecular weight is 316 g/mol. The van der Waals surface area contributed by atoms with Crippen molar-refractivity contribution >= 4 is 11.9 Å². The maximum atomic E-state index is 12.3. The van der Waals surface area contributed by atoms with Crippen molar-refractivity contribution in [3.8, 4) is 5.69 Å². The molecule has 7 heteroatoms. The van der Waals surface area contributed by atoms with Gasteiger partial charge in [0.25, 0.3) is 0 Å². The van der Waals surface area contributed by atoms with Crippen molar-refractivity contribution in [1.82, 2.24) is 19.9 Å². The number of hydrogen-bond acceptors (Lipinski definition) is 4. The molecule has 0 fully saturated rings. The maximum absolute atomic E-state index is 12.3. The standard InChI is InChI=1S/C16H20N4O3/c1-11-13(10-14(21)19(4)16(2,3)15(22)23)17-18-20(11)12-8-6-5-7-9-12/h5-9H,10H2,1-4H3,(H,22,23). The first-order valence-corrected chi connectivity index (χ1v) is 7.21. The lowest BCUT2D eigenvalue weighted by molar-refractivity contribution is -0.155. The Bertz CT molecular complexity index is 722. The second kappa shape index (κ2) is 6.20. The van der Waals surface area contributed by atoms with Crippen LogP contribution >= 0.6 is 0 Å². The molecule has 0 radical (unpaired) electrons. The van der Waals surface area contributed by atoms with Gasteiger partial charge in [-0.05, 0) is 32.9 Å². The van der Waals surface area contributed by atoms with E-state index in [0.29, 0.717) is 5.69 Å². The largest absolute Gasteiger partial charge is 0.480 e. The van der Waals surface area contributed by atoms with E-state index in [2.05, 4.69) is 10.3 Å². The summed E-state index contributed by atoms with van der Waals surface area (Å²) >= 11 is 0. The molecule has 0 aliphatic carbocycles. The summed E-state index contributed by atoms with van der Waals surface area (Å²) in [5.74, 6) is -1.38. The summed E-state index contributed by atoms with van der Waals surface area (Å²) in [4.78, 5) is 24.8. The summed E-state index contributed by atoms with van der Waals surface area (Å²) < 4.78 is 1.66. The molecule has 0 saturated heterocycles. The number of carbonyl (C=O) groups excluding carboxylic acids is 1. The minimum atomic E-state index is -1.28. The highest BCUT2D eigenvalue weighted by atomic mass is 16.4. The fraction of sp³-hybridized carbons (Fsp3) is 0.375. The number of amides is 1. The van der Waals surface area contributed by atoms with Gasteiger partial charge in [0, 0.05) is 7.05 Å². The van der Waals surface area contributed by atoms with Crippen LogP contribution in [-0.4, -0.2) is 49.5 Å². The Balaban J connectivity index is 2.20. The average Bonchev–Trinajstić information content (AvgIpc) is 2.88. The number of aliphatic carboxylic acids is 1. The lowest BCUT2D eigenvalue weighted by Gasteiger charge is -2.31. The summed E-state index contributed by atoms with van der Waals surface area (Å²) in [6.07, 6.45) is 0.00583. The van der Waals surface area contributed by atoms with Crippen LogP contribution < -0.4 is 0 Å². The van der Waals surface area contributed by atoms with Crippen LogP contribution in [0.3, 0.4) is 0 Å². The molecule has 0 aliphatic heterocycles. The highest BCUT2D eigenvalue weighted by molar-refractivity contribution is 5.87. The van der Waals surface area contributed by atoms with Gasteiger partial charge in [0.2, 0.25) is 5.91 Å². The number of likely N-dealkylation sites (N-methyl/N-ethyl adjacent to an activating group) is 1. The van der Waals surface area contributed by atoms with E-state index in [1.807, 2.05) is 37.3 Å². The van der Waals surface area contributed by atoms with E-state index in [-0.39, 0.29) is 12.3 Å². The van der Waals surface area contributed by atoms with Gasteiger partial charge in [0.1, 0.15) is 5.54 Å². The second-order valence-electron chi connectivity index (χ2n) is 5.86. The Morgan fingerprint density at radius 3 is 2.43 bits per heavy atom. The molecule has 0 saturated carbocycles. The van der Waals surface area contributed by atoms with E-state index in [1.165, 1.54) is 25.8 Å². The Morgan fingerprint density at radius 2 is 1.87 bits per heavy atom. The van der Waals surface area contributed by atoms with Crippen LogP contribution in [0, 0.1) is 6.92 Å². The summed E-state index contributed by atoms with van der Waals surface area (Å²) in [5.41, 5.74) is 0.869. The molecular formula is C16H20N4O3. The van der Waals surface area contributed by atoms with E-state index < -0.39 is 11.5 Å². The molecule has 23 heavy (non-hydrogen) atoms. The van der Waals surface area contributed by atoms with Gasteiger partial charge in [-0.1, -0.05) is 23.4 Å². The maximum Gasteiger partial charge on any atom is 0.329 e. The number of aromatic nitrogens is 3. The Hall–Kier alpha value is -2.70. The molecule has 2 aromatic rings. The summed E-state index contributed by atoms with van der Waals surface area (Å²) in [6, 6.07) is 9.48. The topological polar surface area (TPSA) is 88.3 Å². The molecule has 0 aliphatic rings. The second-order valence-corrected chi connectivity index (χ2v) is 5.86. The molecule has 1 amide bonds. The first-order valence-electron chi connectivity index (χ1n) is 7.21. The fourth-order valence-electron chi connectivity index (χ4n) is 2.06. The van der Waals surface area contributed by atoms with Gasteiger partial charge < -0.3 is 10.0 Å². The molecule has 122 valence electrons. The lowest BCUT2D eigenvalue weighted by atomic mass is 10.0. The van der Waals surface area contributed by atoms with Gasteiger partial charge in [0.15, 0.2) is 0 Å². The third-order valence-electron chi connectivity index (χ3n) is 4.05. The minimum absolute atomic E-state index is 0.00583. The van der Waals surface area contributed by atoms with E-state index in [0.717, 1.165) is 11.4 Å². The first-order chi connectivity index (χ1) is 10.7. The van der Waals surface area contributed by atoms with Gasteiger partial charge in [-0.25, -0.2) is 9.48 Å². The molecule has 0 bridgehead atoms. The first kappa shape index (κ1) is 16.7. The van der Waals surface area contributed by atoms with Gasteiger partial charge in [-0.3, -0.25) is 4.79 Å². The number of carbonyl (C=O) groups is 2. The van der Waals surface area contributed by atoms with E-state index in [4.69, 9.17) is 0 Å². The molecule has 0 atom stereocenters. The minimum Gasteiger partial charge on any atom is -0.480 e. The third kappa shape index (κ3) is 3.23. The van der Waals surface area contributed by atoms with Gasteiger partial charge >= 0.3 is 5.97 Å². The van der Waals surface area contributed by atoms with Crippen LogP contribution in [0.15, 0.2) is 30.3 Å². The Morgan fingerprint density at radius 1 is 1.26 bits per heavy atom. The number of carboxylic acid groups (broad SMARTS) is 1. The van der Waals surface area contributed by atoms with E-state index in [9.17, 15) is 14.7 Å². The number of nitrogens with zero attached hydrogens (tertiary/aromatic N) is 4. The summed E-state index contributed by atoms with van der Waals surface area (Å²) in [6.45, 7) is 4.81. The molecule has 0 spiro atoms. The van der Waals surface area contributed by atoms with Crippen molar-refractivity contribution in [1.29, 1.82) is 0 Å². The summed E-state index contributed by atoms with van der Waals surface area (Å²) in [7, 11) is 1.48. The fourth-order valence-corrected chi connectivity index (χ4v) is 2.06. The molecule has 1 heterocycles. The third-order valence-corrected chi connectivity index (χ3v) is 4.05. The van der Waals surface area contributed by atoms with Crippen molar-refractivity contribution in [3.63, 3.8) is 0 Å². The highest BCUT2D eigenvalue weighted by Gasteiger charge is 2.35. The molecular weight excluding hydrogens is 296 g/mol. The quantitative estimate of drug-likeness (QED) is 0.901. The molecule has 1 aromatic carbocycles. The van der Waals surface area contributed by atoms with Crippen molar-refractivity contribution in [2.45, 2.75) is 32.7 Å². The number of para-hydroxylation sites is 1. The van der Waals surface area contributed by atoms with Crippen LogP contribution in [0.5, 0.6) is 0 Å². The molecule has 0 unspecified atom stereocenters. The molecule has 2 rings (SSSR count). The zero-order valence-corrected chi connectivity index (χ0v) is 13.6. The number of benzene rings is 1. The lowest BCUT2D eigenvalue weighted by Crippen LogP contribution is -2.51. The molecule has 1 N–H and O–H groups in total. The number of rotatable bonds is 5. The van der Waals surface area contributed by atoms with Crippen molar-refractivity contribution in [3.05, 3.63) is 41.7 Å². The van der Waals surface area contributed by atoms with E-state index >= 15 is 0 Å². The van der Waals surface area contributed by atoms with Crippen LogP contribution in [0.2, 0.25) is 0 Å². The van der Waals surface area contributed by atoms with Crippen LogP contribution in [-0.2, 0) is 16.0 Å². The smallest absolute Gasteiger partial charge is 0.329 e. The van der Waals surface area contributed by atoms with Crippen LogP contribution in [0.1, 0.15) is 25.2 Å². The van der Waals surface area contributed by atoms with Crippen molar-refractivity contribution in [2.24, 2.45) is 0 Å². The van der Waals surface area contributed by atoms with Crippen molar-refractivity contribution in [2.75, 3.05) is 7.05 Å². The summed E-state index contributed by atoms with van der Waals surface area (Å²) in [5, 5.41) is 17.3. The monoisotopic (exact) mass is 316 g/mol. The number of hydrogen-bond donors (Lipinski definition) is 1. The Kier molecular flexibility index (Phi) is 4.49. The zero-order chi connectivity index (χ0) is 17.2. The number of carboxylic acids is 1. The van der Waals surface area contributed by atoms with Crippen LogP contribution in [0.4, 0.5) is 0 Å². The highest BCUT2D eigenvalue weighted by Crippen LogP contribution is 2.16. The van der Waals surface area contributed by atoms with Crippen molar-refractivity contribution < 1.29 is 14.7 Å². The predicted octanol–water partition coefficient (Wildman–Crippen LogP) is 1.44.